The molecule has 6 nitrogen and oxygen atoms in total. The average Bonchev–Trinajstić information content (AvgIpc) is 2.73. The van der Waals surface area contributed by atoms with Gasteiger partial charge in [0.1, 0.15) is 11.5 Å². The molecule has 1 aliphatic rings. The minimum atomic E-state index is -0.467. The predicted molar refractivity (Wildman–Crippen MR) is 112 cm³/mol. The van der Waals surface area contributed by atoms with Crippen LogP contribution in [0, 0.1) is 5.95 Å². The third kappa shape index (κ3) is 4.04. The molecule has 4 heterocycles. The smallest absolute Gasteiger partial charge is 0.216 e. The second kappa shape index (κ2) is 8.11. The van der Waals surface area contributed by atoms with Crippen molar-refractivity contribution in [1.29, 1.82) is 0 Å². The van der Waals surface area contributed by atoms with Gasteiger partial charge < -0.3 is 9.80 Å². The molecular formula is C22H25FN6. The lowest BCUT2D eigenvalue weighted by molar-refractivity contribution is 0.529. The summed E-state index contributed by atoms with van der Waals surface area (Å²) in [6.45, 7) is 3.54. The van der Waals surface area contributed by atoms with Gasteiger partial charge in [-0.15, -0.1) is 0 Å². The molecule has 1 atom stereocenters. The van der Waals surface area contributed by atoms with E-state index >= 15 is 0 Å². The summed E-state index contributed by atoms with van der Waals surface area (Å²) in [7, 11) is 3.80. The van der Waals surface area contributed by atoms with Gasteiger partial charge in [0.2, 0.25) is 5.95 Å². The maximum Gasteiger partial charge on any atom is 0.216 e. The van der Waals surface area contributed by atoms with E-state index in [1.54, 1.807) is 6.20 Å². The Morgan fingerprint density at radius 3 is 2.76 bits per heavy atom. The summed E-state index contributed by atoms with van der Waals surface area (Å²) in [5.74, 6) is 1.07. The molecule has 0 radical (unpaired) electrons. The van der Waals surface area contributed by atoms with Gasteiger partial charge in [0.15, 0.2) is 5.82 Å². The fourth-order valence-electron chi connectivity index (χ4n) is 3.78. The molecule has 1 unspecified atom stereocenters. The number of halogens is 1. The van der Waals surface area contributed by atoms with E-state index in [0.29, 0.717) is 18.2 Å². The first kappa shape index (κ1) is 19.2. The maximum atomic E-state index is 14.1. The number of hydrogen-bond acceptors (Lipinski definition) is 6. The Kier molecular flexibility index (Phi) is 5.38. The molecule has 150 valence electrons. The van der Waals surface area contributed by atoms with Crippen molar-refractivity contribution < 1.29 is 4.39 Å². The number of hydrogen-bond donors (Lipinski definition) is 0. The number of pyridine rings is 2. The second-order valence-corrected chi connectivity index (χ2v) is 7.59. The molecule has 0 spiro atoms. The van der Waals surface area contributed by atoms with Gasteiger partial charge in [-0.3, -0.25) is 4.98 Å². The number of fused-ring (bicyclic) bond motifs is 1. The molecule has 0 bridgehead atoms. The monoisotopic (exact) mass is 392 g/mol. The Morgan fingerprint density at radius 1 is 1.17 bits per heavy atom. The van der Waals surface area contributed by atoms with Crippen LogP contribution in [-0.4, -0.2) is 40.6 Å². The Morgan fingerprint density at radius 2 is 2.03 bits per heavy atom. The zero-order valence-corrected chi connectivity index (χ0v) is 17.0. The summed E-state index contributed by atoms with van der Waals surface area (Å²) in [6, 6.07) is 9.13. The van der Waals surface area contributed by atoms with E-state index in [4.69, 9.17) is 4.98 Å². The summed E-state index contributed by atoms with van der Waals surface area (Å²) in [6.07, 6.45) is 5.67. The van der Waals surface area contributed by atoms with Gasteiger partial charge in [-0.05, 0) is 18.6 Å². The van der Waals surface area contributed by atoms with Crippen LogP contribution in [0.4, 0.5) is 15.9 Å². The molecule has 7 heteroatoms. The Hall–Kier alpha value is -3.09. The van der Waals surface area contributed by atoms with Crippen LogP contribution in [0.3, 0.4) is 0 Å². The van der Waals surface area contributed by atoms with Crippen LogP contribution in [0.25, 0.3) is 11.5 Å². The van der Waals surface area contributed by atoms with E-state index < -0.39 is 5.95 Å². The average molecular weight is 392 g/mol. The highest BCUT2D eigenvalue weighted by Crippen LogP contribution is 2.34. The van der Waals surface area contributed by atoms with E-state index in [2.05, 4.69) is 26.8 Å². The number of aromatic nitrogens is 4. The van der Waals surface area contributed by atoms with Gasteiger partial charge in [-0.2, -0.15) is 4.39 Å². The molecular weight excluding hydrogens is 367 g/mol. The van der Waals surface area contributed by atoms with Gasteiger partial charge in [0.05, 0.1) is 5.69 Å². The van der Waals surface area contributed by atoms with Crippen molar-refractivity contribution in [2.75, 3.05) is 30.4 Å². The molecule has 0 fully saturated rings. The maximum absolute atomic E-state index is 14.1. The first-order chi connectivity index (χ1) is 14.0. The molecule has 0 saturated carbocycles. The summed E-state index contributed by atoms with van der Waals surface area (Å²) < 4.78 is 14.1. The number of rotatable bonds is 5. The molecule has 3 aromatic rings. The largest absolute Gasteiger partial charge is 0.377 e. The van der Waals surface area contributed by atoms with Crippen molar-refractivity contribution in [3.63, 3.8) is 0 Å². The molecule has 4 rings (SSSR count). The van der Waals surface area contributed by atoms with Crippen LogP contribution < -0.4 is 9.80 Å². The Bertz CT molecular complexity index is 992. The molecule has 1 aliphatic heterocycles. The van der Waals surface area contributed by atoms with Gasteiger partial charge in [0, 0.05) is 68.9 Å². The van der Waals surface area contributed by atoms with Crippen molar-refractivity contribution >= 4 is 11.5 Å². The minimum absolute atomic E-state index is 0.238. The zero-order valence-electron chi connectivity index (χ0n) is 17.0. The third-order valence-corrected chi connectivity index (χ3v) is 5.22. The quantitative estimate of drug-likeness (QED) is 0.611. The Balaban J connectivity index is 1.70. The van der Waals surface area contributed by atoms with Crippen molar-refractivity contribution in [2.24, 2.45) is 0 Å². The van der Waals surface area contributed by atoms with E-state index in [9.17, 15) is 4.39 Å². The van der Waals surface area contributed by atoms with E-state index in [0.717, 1.165) is 42.0 Å². The van der Waals surface area contributed by atoms with Gasteiger partial charge in [0.25, 0.3) is 0 Å². The summed E-state index contributed by atoms with van der Waals surface area (Å²) in [4.78, 5) is 22.0. The van der Waals surface area contributed by atoms with E-state index in [1.807, 2.05) is 49.5 Å². The number of nitrogens with zero attached hydrogens (tertiary/aromatic N) is 6. The van der Waals surface area contributed by atoms with Gasteiger partial charge in [-0.25, -0.2) is 15.0 Å². The van der Waals surface area contributed by atoms with Crippen molar-refractivity contribution in [3.8, 4) is 11.5 Å². The fraction of sp³-hybridized carbons (Fsp3) is 0.364. The van der Waals surface area contributed by atoms with Gasteiger partial charge >= 0.3 is 0 Å². The minimum Gasteiger partial charge on any atom is -0.377 e. The van der Waals surface area contributed by atoms with E-state index in [1.165, 1.54) is 6.07 Å². The highest BCUT2D eigenvalue weighted by Gasteiger charge is 2.28. The molecule has 3 aromatic heterocycles. The summed E-state index contributed by atoms with van der Waals surface area (Å²) >= 11 is 0. The predicted octanol–water partition coefficient (Wildman–Crippen LogP) is 4.04. The van der Waals surface area contributed by atoms with Crippen LogP contribution >= 0.6 is 0 Å². The van der Waals surface area contributed by atoms with Crippen molar-refractivity contribution in [1.82, 2.24) is 19.9 Å². The highest BCUT2D eigenvalue weighted by molar-refractivity contribution is 5.56. The van der Waals surface area contributed by atoms with Crippen LogP contribution in [0.5, 0.6) is 0 Å². The molecule has 0 aromatic carbocycles. The van der Waals surface area contributed by atoms with Crippen molar-refractivity contribution in [2.45, 2.75) is 32.2 Å². The number of anilines is 2. The van der Waals surface area contributed by atoms with Crippen LogP contribution in [0.15, 0.2) is 42.7 Å². The molecule has 0 aliphatic carbocycles. The molecule has 0 saturated heterocycles. The van der Waals surface area contributed by atoms with Crippen LogP contribution in [-0.2, 0) is 6.54 Å². The first-order valence-corrected chi connectivity index (χ1v) is 9.92. The molecule has 0 amide bonds. The standard InChI is InChI=1S/C22H25FN6/c1-4-7-15-13-29(20-11-17(28(2)3)10-19(23)26-20)14-16-12-25-22(27-21(15)16)18-8-5-6-9-24-18/h5-6,8-12,15H,4,7,13-14H2,1-3H3. The highest BCUT2D eigenvalue weighted by atomic mass is 19.1. The lowest BCUT2D eigenvalue weighted by atomic mass is 9.91. The summed E-state index contributed by atoms with van der Waals surface area (Å²) in [5.41, 5.74) is 3.71. The van der Waals surface area contributed by atoms with Gasteiger partial charge in [-0.1, -0.05) is 19.4 Å². The normalized spacial score (nSPS) is 15.9. The topological polar surface area (TPSA) is 58.0 Å². The van der Waals surface area contributed by atoms with Crippen LogP contribution in [0.1, 0.15) is 36.9 Å². The Labute approximate surface area is 170 Å². The van der Waals surface area contributed by atoms with E-state index in [-0.39, 0.29) is 5.92 Å². The van der Waals surface area contributed by atoms with Crippen LogP contribution in [0.2, 0.25) is 0 Å². The first-order valence-electron chi connectivity index (χ1n) is 9.92. The zero-order chi connectivity index (χ0) is 20.4. The molecule has 29 heavy (non-hydrogen) atoms. The fourth-order valence-corrected chi connectivity index (χ4v) is 3.78. The van der Waals surface area contributed by atoms with Crippen molar-refractivity contribution in [3.05, 3.63) is 59.9 Å². The lowest BCUT2D eigenvalue weighted by Gasteiger charge is -2.35. The third-order valence-electron chi connectivity index (χ3n) is 5.22. The SMILES string of the molecule is CCCC1CN(c2cc(N(C)C)cc(F)n2)Cc2cnc(-c3ccccn3)nc21. The second-order valence-electron chi connectivity index (χ2n) is 7.59. The lowest BCUT2D eigenvalue weighted by Crippen LogP contribution is -2.35. The molecule has 0 N–H and O–H groups in total. The summed E-state index contributed by atoms with van der Waals surface area (Å²) in [5, 5.41) is 0.